The van der Waals surface area contributed by atoms with Gasteiger partial charge in [-0.2, -0.15) is 0 Å². The van der Waals surface area contributed by atoms with E-state index < -0.39 is 10.8 Å². The topological polar surface area (TPSA) is 52.3 Å². The lowest BCUT2D eigenvalue weighted by Gasteiger charge is -2.09. The molecule has 2 aromatic rings. The Hall–Kier alpha value is -1.33. The van der Waals surface area contributed by atoms with Gasteiger partial charge in [0.1, 0.15) is 12.4 Å². The van der Waals surface area contributed by atoms with Gasteiger partial charge >= 0.3 is 0 Å². The van der Waals surface area contributed by atoms with Gasteiger partial charge in [-0.25, -0.2) is 0 Å². The van der Waals surface area contributed by atoms with Gasteiger partial charge in [-0.15, -0.1) is 0 Å². The molecule has 0 aromatic heterocycles. The van der Waals surface area contributed by atoms with Crippen LogP contribution in [-0.4, -0.2) is 16.6 Å². The maximum Gasteiger partial charge on any atom is 0.120 e. The van der Waals surface area contributed by atoms with Crippen molar-refractivity contribution in [2.75, 3.05) is 18.1 Å². The van der Waals surface area contributed by atoms with Crippen LogP contribution in [0.25, 0.3) is 0 Å². The second-order valence-corrected chi connectivity index (χ2v) is 6.80. The number of para-hydroxylation sites is 1. The molecule has 0 heterocycles. The Balaban J connectivity index is 1.94. The fourth-order valence-corrected chi connectivity index (χ4v) is 3.22. The number of halogens is 1. The molecule has 0 aliphatic heterocycles. The predicted octanol–water partition coefficient (Wildman–Crippen LogP) is 3.53. The first-order valence-corrected chi connectivity index (χ1v) is 8.31. The summed E-state index contributed by atoms with van der Waals surface area (Å²) in [5, 5.41) is 0. The summed E-state index contributed by atoms with van der Waals surface area (Å²) in [5.74, 6) is 1.17. The molecule has 2 rings (SSSR count). The summed E-state index contributed by atoms with van der Waals surface area (Å²) in [6.07, 6.45) is 0. The average Bonchev–Trinajstić information content (AvgIpc) is 2.42. The van der Waals surface area contributed by atoms with Gasteiger partial charge in [0.25, 0.3) is 0 Å². The number of hydrogen-bond donors (Lipinski definition) is 1. The number of rotatable bonds is 5. The van der Waals surface area contributed by atoms with Crippen molar-refractivity contribution < 1.29 is 8.95 Å². The van der Waals surface area contributed by atoms with E-state index in [0.29, 0.717) is 22.9 Å². The van der Waals surface area contributed by atoms with Crippen LogP contribution in [0.3, 0.4) is 0 Å². The Morgan fingerprint density at radius 1 is 1.25 bits per heavy atom. The van der Waals surface area contributed by atoms with Gasteiger partial charge in [0, 0.05) is 4.47 Å². The number of hydrogen-bond acceptors (Lipinski definition) is 3. The molecule has 0 saturated carbocycles. The highest BCUT2D eigenvalue weighted by molar-refractivity contribution is 9.10. The van der Waals surface area contributed by atoms with Crippen LogP contribution in [0.4, 0.5) is 5.69 Å². The standard InChI is InChI=1S/C15H16BrNO2S/c1-11-4-2-7-14(15(11)17)20(18)9-8-19-13-6-3-5-12(16)10-13/h2-7,10H,8-9,17H2,1H3. The molecule has 1 unspecified atom stereocenters. The molecule has 2 N–H and O–H groups in total. The van der Waals surface area contributed by atoms with E-state index in [1.54, 1.807) is 6.07 Å². The highest BCUT2D eigenvalue weighted by Gasteiger charge is 2.09. The van der Waals surface area contributed by atoms with Crippen LogP contribution >= 0.6 is 15.9 Å². The van der Waals surface area contributed by atoms with Crippen LogP contribution in [0.5, 0.6) is 5.75 Å². The molecule has 0 fully saturated rings. The Morgan fingerprint density at radius 3 is 2.75 bits per heavy atom. The van der Waals surface area contributed by atoms with E-state index in [9.17, 15) is 4.21 Å². The zero-order chi connectivity index (χ0) is 14.5. The number of ether oxygens (including phenoxy) is 1. The maximum absolute atomic E-state index is 12.2. The number of aryl methyl sites for hydroxylation is 1. The van der Waals surface area contributed by atoms with Crippen LogP contribution in [0.1, 0.15) is 5.56 Å². The van der Waals surface area contributed by atoms with Crippen LogP contribution in [0, 0.1) is 6.92 Å². The largest absolute Gasteiger partial charge is 0.493 e. The molecule has 1 atom stereocenters. The van der Waals surface area contributed by atoms with E-state index in [2.05, 4.69) is 15.9 Å². The molecular weight excluding hydrogens is 338 g/mol. The van der Waals surface area contributed by atoms with Gasteiger partial charge in [-0.3, -0.25) is 4.21 Å². The quantitative estimate of drug-likeness (QED) is 0.836. The van der Waals surface area contributed by atoms with E-state index >= 15 is 0 Å². The third-order valence-corrected chi connectivity index (χ3v) is 4.74. The second kappa shape index (κ2) is 6.90. The van der Waals surface area contributed by atoms with E-state index in [1.165, 1.54) is 0 Å². The van der Waals surface area contributed by atoms with Crippen LogP contribution in [0.2, 0.25) is 0 Å². The highest BCUT2D eigenvalue weighted by Crippen LogP contribution is 2.21. The van der Waals surface area contributed by atoms with Crippen LogP contribution in [0.15, 0.2) is 51.8 Å². The minimum atomic E-state index is -1.15. The molecule has 5 heteroatoms. The molecule has 0 amide bonds. The Morgan fingerprint density at radius 2 is 2.00 bits per heavy atom. The van der Waals surface area contributed by atoms with Crippen molar-refractivity contribution >= 4 is 32.4 Å². The van der Waals surface area contributed by atoms with Crippen molar-refractivity contribution in [3.05, 3.63) is 52.5 Å². The molecule has 20 heavy (non-hydrogen) atoms. The van der Waals surface area contributed by atoms with E-state index in [4.69, 9.17) is 10.5 Å². The van der Waals surface area contributed by atoms with E-state index in [1.807, 2.05) is 43.3 Å². The number of anilines is 1. The summed E-state index contributed by atoms with van der Waals surface area (Å²) in [7, 11) is -1.15. The van der Waals surface area contributed by atoms with Crippen molar-refractivity contribution in [1.82, 2.24) is 0 Å². The van der Waals surface area contributed by atoms with Gasteiger partial charge < -0.3 is 10.5 Å². The minimum Gasteiger partial charge on any atom is -0.493 e. The zero-order valence-corrected chi connectivity index (χ0v) is 13.5. The Kier molecular flexibility index (Phi) is 5.20. The maximum atomic E-state index is 12.2. The SMILES string of the molecule is Cc1cccc(S(=O)CCOc2cccc(Br)c2)c1N. The molecule has 0 bridgehead atoms. The van der Waals surface area contributed by atoms with Crippen molar-refractivity contribution in [1.29, 1.82) is 0 Å². The Labute approximate surface area is 129 Å². The average molecular weight is 354 g/mol. The van der Waals surface area contributed by atoms with Gasteiger partial charge in [0.15, 0.2) is 0 Å². The fourth-order valence-electron chi connectivity index (χ4n) is 1.75. The van der Waals surface area contributed by atoms with Crippen molar-refractivity contribution in [3.8, 4) is 5.75 Å². The molecule has 0 saturated heterocycles. The van der Waals surface area contributed by atoms with Crippen molar-refractivity contribution in [3.63, 3.8) is 0 Å². The highest BCUT2D eigenvalue weighted by atomic mass is 79.9. The lowest BCUT2D eigenvalue weighted by atomic mass is 10.2. The third-order valence-electron chi connectivity index (χ3n) is 2.86. The lowest BCUT2D eigenvalue weighted by Crippen LogP contribution is -2.10. The van der Waals surface area contributed by atoms with Gasteiger partial charge in [0.2, 0.25) is 0 Å². The molecule has 3 nitrogen and oxygen atoms in total. The fraction of sp³-hybridized carbons (Fsp3) is 0.200. The Bertz CT molecular complexity index is 631. The molecule has 0 aliphatic rings. The van der Waals surface area contributed by atoms with Crippen molar-refractivity contribution in [2.45, 2.75) is 11.8 Å². The summed E-state index contributed by atoms with van der Waals surface area (Å²) in [6.45, 7) is 2.30. The summed E-state index contributed by atoms with van der Waals surface area (Å²) in [6, 6.07) is 13.2. The monoisotopic (exact) mass is 353 g/mol. The minimum absolute atomic E-state index is 0.385. The summed E-state index contributed by atoms with van der Waals surface area (Å²) in [4.78, 5) is 0.683. The number of benzene rings is 2. The zero-order valence-electron chi connectivity index (χ0n) is 11.1. The number of nitrogens with two attached hydrogens (primary N) is 1. The third kappa shape index (κ3) is 3.84. The molecule has 106 valence electrons. The molecule has 2 aromatic carbocycles. The molecule has 0 aliphatic carbocycles. The normalized spacial score (nSPS) is 12.1. The first-order valence-electron chi connectivity index (χ1n) is 6.20. The second-order valence-electron chi connectivity index (χ2n) is 4.34. The van der Waals surface area contributed by atoms with Crippen LogP contribution < -0.4 is 10.5 Å². The molecule has 0 radical (unpaired) electrons. The smallest absolute Gasteiger partial charge is 0.120 e. The van der Waals surface area contributed by atoms with Crippen LogP contribution in [-0.2, 0) is 10.8 Å². The van der Waals surface area contributed by atoms with Gasteiger partial charge in [-0.1, -0.05) is 34.1 Å². The summed E-state index contributed by atoms with van der Waals surface area (Å²) in [5.41, 5.74) is 7.50. The van der Waals surface area contributed by atoms with Gasteiger partial charge in [-0.05, 0) is 36.8 Å². The molecular formula is C15H16BrNO2S. The van der Waals surface area contributed by atoms with Crippen molar-refractivity contribution in [2.24, 2.45) is 0 Å². The van der Waals surface area contributed by atoms with E-state index in [-0.39, 0.29) is 0 Å². The number of nitrogen functional groups attached to an aromatic ring is 1. The van der Waals surface area contributed by atoms with E-state index in [0.717, 1.165) is 15.8 Å². The first-order chi connectivity index (χ1) is 9.58. The molecule has 0 spiro atoms. The summed E-state index contributed by atoms with van der Waals surface area (Å²) < 4.78 is 18.8. The summed E-state index contributed by atoms with van der Waals surface area (Å²) >= 11 is 3.38. The lowest BCUT2D eigenvalue weighted by molar-refractivity contribution is 0.342. The van der Waals surface area contributed by atoms with Gasteiger partial charge in [0.05, 0.1) is 27.1 Å². The predicted molar refractivity (Wildman–Crippen MR) is 86.5 cm³/mol. The first kappa shape index (κ1) is 15.1.